The Kier molecular flexibility index (Phi) is 9.19. The number of hydrogen-bond acceptors (Lipinski definition) is 3. The van der Waals surface area contributed by atoms with Crippen molar-refractivity contribution in [2.45, 2.75) is 52.6 Å². The molecule has 0 bridgehead atoms. The molecule has 6 N–H and O–H groups in total. The first-order valence-corrected chi connectivity index (χ1v) is 8.99. The van der Waals surface area contributed by atoms with Gasteiger partial charge in [0.2, 0.25) is 5.91 Å². The van der Waals surface area contributed by atoms with Gasteiger partial charge >= 0.3 is 0 Å². The van der Waals surface area contributed by atoms with E-state index >= 15 is 0 Å². The molecule has 0 aliphatic heterocycles. The Bertz CT molecular complexity index is 611. The van der Waals surface area contributed by atoms with Crippen LogP contribution < -0.4 is 22.1 Å². The van der Waals surface area contributed by atoms with Crippen molar-refractivity contribution in [3.63, 3.8) is 0 Å². The molecular weight excluding hydrogens is 330 g/mol. The fourth-order valence-corrected chi connectivity index (χ4v) is 2.41. The van der Waals surface area contributed by atoms with Gasteiger partial charge < -0.3 is 22.1 Å². The lowest BCUT2D eigenvalue weighted by atomic mass is 10.0. The quantitative estimate of drug-likeness (QED) is 0.373. The molecule has 0 fully saturated rings. The smallest absolute Gasteiger partial charge is 0.251 e. The maximum absolute atomic E-state index is 11.8. The van der Waals surface area contributed by atoms with Crippen molar-refractivity contribution >= 4 is 17.8 Å². The summed E-state index contributed by atoms with van der Waals surface area (Å²) in [5.41, 5.74) is 12.3. The SMILES string of the molecule is CC(C)CCCC(C)NC(N)=NCc1ccc(C(=O)NCC(N)=O)cc1. The van der Waals surface area contributed by atoms with Crippen LogP contribution in [0.4, 0.5) is 0 Å². The van der Waals surface area contributed by atoms with E-state index in [1.807, 2.05) is 12.1 Å². The highest BCUT2D eigenvalue weighted by Gasteiger charge is 2.07. The van der Waals surface area contributed by atoms with Crippen LogP contribution in [-0.2, 0) is 11.3 Å². The van der Waals surface area contributed by atoms with Crippen molar-refractivity contribution in [1.29, 1.82) is 0 Å². The molecule has 7 nitrogen and oxygen atoms in total. The third-order valence-corrected chi connectivity index (χ3v) is 3.88. The average Bonchev–Trinajstić information content (AvgIpc) is 2.58. The first-order chi connectivity index (χ1) is 12.3. The second kappa shape index (κ2) is 11.1. The highest BCUT2D eigenvalue weighted by molar-refractivity contribution is 5.96. The fraction of sp³-hybridized carbons (Fsp3) is 0.526. The molecule has 7 heteroatoms. The highest BCUT2D eigenvalue weighted by atomic mass is 16.2. The molecule has 2 amide bonds. The summed E-state index contributed by atoms with van der Waals surface area (Å²) in [7, 11) is 0. The minimum absolute atomic E-state index is 0.178. The van der Waals surface area contributed by atoms with Crippen LogP contribution in [0, 0.1) is 5.92 Å². The maximum atomic E-state index is 11.8. The summed E-state index contributed by atoms with van der Waals surface area (Å²) < 4.78 is 0. The first kappa shape index (κ1) is 21.5. The molecule has 0 aromatic heterocycles. The third kappa shape index (κ3) is 9.05. The van der Waals surface area contributed by atoms with Crippen molar-refractivity contribution in [3.05, 3.63) is 35.4 Å². The molecule has 0 radical (unpaired) electrons. The number of aliphatic imine (C=N–C) groups is 1. The number of hydrogen-bond donors (Lipinski definition) is 4. The van der Waals surface area contributed by atoms with E-state index in [-0.39, 0.29) is 18.5 Å². The standard InChI is InChI=1S/C19H31N5O2/c1-13(2)5-4-6-14(3)24-19(21)23-11-15-7-9-16(10-8-15)18(26)22-12-17(20)25/h7-10,13-14H,4-6,11-12H2,1-3H3,(H2,20,25)(H,22,26)(H3,21,23,24). The van der Waals surface area contributed by atoms with Gasteiger partial charge in [0.05, 0.1) is 13.1 Å². The Morgan fingerprint density at radius 1 is 1.08 bits per heavy atom. The third-order valence-electron chi connectivity index (χ3n) is 3.88. The van der Waals surface area contributed by atoms with Crippen molar-refractivity contribution in [2.75, 3.05) is 6.54 Å². The fourth-order valence-electron chi connectivity index (χ4n) is 2.41. The van der Waals surface area contributed by atoms with Crippen LogP contribution in [0.25, 0.3) is 0 Å². The Hall–Kier alpha value is -2.57. The zero-order valence-corrected chi connectivity index (χ0v) is 15.9. The number of nitrogens with two attached hydrogens (primary N) is 2. The number of amides is 2. The van der Waals surface area contributed by atoms with Crippen LogP contribution in [0.3, 0.4) is 0 Å². The summed E-state index contributed by atoms with van der Waals surface area (Å²) in [6, 6.07) is 7.26. The number of carbonyl (C=O) groups is 2. The van der Waals surface area contributed by atoms with Gasteiger partial charge in [-0.1, -0.05) is 38.8 Å². The number of nitrogens with zero attached hydrogens (tertiary/aromatic N) is 1. The molecule has 1 rings (SSSR count). The summed E-state index contributed by atoms with van der Waals surface area (Å²) in [6.45, 7) is 6.80. The normalized spacial score (nSPS) is 12.7. The van der Waals surface area contributed by atoms with Crippen molar-refractivity contribution in [1.82, 2.24) is 10.6 Å². The van der Waals surface area contributed by atoms with Crippen LogP contribution in [0.5, 0.6) is 0 Å². The van der Waals surface area contributed by atoms with E-state index in [9.17, 15) is 9.59 Å². The van der Waals surface area contributed by atoms with Crippen LogP contribution in [0.1, 0.15) is 56.0 Å². The van der Waals surface area contributed by atoms with Crippen molar-refractivity contribution in [2.24, 2.45) is 22.4 Å². The second-order valence-corrected chi connectivity index (χ2v) is 6.92. The summed E-state index contributed by atoms with van der Waals surface area (Å²) in [5, 5.41) is 5.64. The lowest BCUT2D eigenvalue weighted by Crippen LogP contribution is -2.38. The lowest BCUT2D eigenvalue weighted by Gasteiger charge is -2.15. The zero-order chi connectivity index (χ0) is 19.5. The minimum Gasteiger partial charge on any atom is -0.370 e. The summed E-state index contributed by atoms with van der Waals surface area (Å²) in [6.07, 6.45) is 3.43. The molecule has 0 aliphatic rings. The van der Waals surface area contributed by atoms with Gasteiger partial charge in [0, 0.05) is 11.6 Å². The van der Waals surface area contributed by atoms with Gasteiger partial charge in [0.15, 0.2) is 5.96 Å². The number of rotatable bonds is 10. The predicted molar refractivity (Wildman–Crippen MR) is 105 cm³/mol. The Balaban J connectivity index is 2.44. The minimum atomic E-state index is -0.578. The monoisotopic (exact) mass is 361 g/mol. The Labute approximate surface area is 155 Å². The van der Waals surface area contributed by atoms with Gasteiger partial charge in [-0.05, 0) is 37.0 Å². The molecule has 1 atom stereocenters. The highest BCUT2D eigenvalue weighted by Crippen LogP contribution is 2.08. The molecule has 144 valence electrons. The van der Waals surface area contributed by atoms with E-state index < -0.39 is 5.91 Å². The molecule has 0 spiro atoms. The zero-order valence-electron chi connectivity index (χ0n) is 15.9. The number of primary amides is 1. The van der Waals surface area contributed by atoms with Crippen LogP contribution in [-0.4, -0.2) is 30.4 Å². The summed E-state index contributed by atoms with van der Waals surface area (Å²) in [4.78, 5) is 26.8. The van der Waals surface area contributed by atoms with Crippen LogP contribution in [0.2, 0.25) is 0 Å². The molecule has 0 heterocycles. The van der Waals surface area contributed by atoms with E-state index in [2.05, 4.69) is 36.4 Å². The molecule has 1 aromatic carbocycles. The van der Waals surface area contributed by atoms with Gasteiger partial charge in [-0.15, -0.1) is 0 Å². The van der Waals surface area contributed by atoms with Crippen molar-refractivity contribution in [3.8, 4) is 0 Å². The topological polar surface area (TPSA) is 123 Å². The molecule has 1 aromatic rings. The summed E-state index contributed by atoms with van der Waals surface area (Å²) >= 11 is 0. The summed E-state index contributed by atoms with van der Waals surface area (Å²) in [5.74, 6) is 0.223. The van der Waals surface area contributed by atoms with E-state index in [1.165, 1.54) is 12.8 Å². The maximum Gasteiger partial charge on any atom is 0.251 e. The van der Waals surface area contributed by atoms with Gasteiger partial charge in [-0.2, -0.15) is 0 Å². The van der Waals surface area contributed by atoms with Gasteiger partial charge in [0.1, 0.15) is 0 Å². The molecule has 0 aliphatic carbocycles. The number of benzene rings is 1. The van der Waals surface area contributed by atoms with Crippen molar-refractivity contribution < 1.29 is 9.59 Å². The van der Waals surface area contributed by atoms with Crippen LogP contribution in [0.15, 0.2) is 29.3 Å². The predicted octanol–water partition coefficient (Wildman–Crippen LogP) is 1.52. The molecular formula is C19H31N5O2. The Morgan fingerprint density at radius 2 is 1.73 bits per heavy atom. The largest absolute Gasteiger partial charge is 0.370 e. The first-order valence-electron chi connectivity index (χ1n) is 8.99. The molecule has 0 saturated heterocycles. The number of carbonyl (C=O) groups excluding carboxylic acids is 2. The van der Waals surface area contributed by atoms with Gasteiger partial charge in [-0.25, -0.2) is 4.99 Å². The molecule has 0 saturated carbocycles. The Morgan fingerprint density at radius 3 is 2.31 bits per heavy atom. The van der Waals surface area contributed by atoms with E-state index in [4.69, 9.17) is 11.5 Å². The van der Waals surface area contributed by atoms with Gasteiger partial charge in [-0.3, -0.25) is 9.59 Å². The van der Waals surface area contributed by atoms with Gasteiger partial charge in [0.25, 0.3) is 5.91 Å². The second-order valence-electron chi connectivity index (χ2n) is 6.92. The van der Waals surface area contributed by atoms with Crippen LogP contribution >= 0.6 is 0 Å². The lowest BCUT2D eigenvalue weighted by molar-refractivity contribution is -0.117. The van der Waals surface area contributed by atoms with E-state index in [1.54, 1.807) is 12.1 Å². The molecule has 26 heavy (non-hydrogen) atoms. The van der Waals surface area contributed by atoms with E-state index in [0.717, 1.165) is 12.0 Å². The number of guanidine groups is 1. The van der Waals surface area contributed by atoms with E-state index in [0.29, 0.717) is 24.0 Å². The molecule has 1 unspecified atom stereocenters. The number of nitrogens with one attached hydrogen (secondary N) is 2. The average molecular weight is 361 g/mol.